The standard InChI is InChI=1S/C28H25N5O5/c1-15-13-21-22(14-16(15)2)30-28(29-21)32-24(17-5-9-19(10-6-17)31(3)4)23(26(35)27(32)36)25(34)18-7-11-20(12-8-18)33(37)38/h5-14,24,34H,1-4H3,(H,29,30)/b25-23+. The molecule has 0 saturated carbocycles. The molecule has 1 amide bonds. The number of nitro groups is 1. The number of aliphatic hydroxyl groups excluding tert-OH is 1. The van der Waals surface area contributed by atoms with Gasteiger partial charge in [0.05, 0.1) is 27.6 Å². The number of rotatable bonds is 5. The Bertz CT molecular complexity index is 1600. The highest BCUT2D eigenvalue weighted by Crippen LogP contribution is 2.42. The summed E-state index contributed by atoms with van der Waals surface area (Å²) in [4.78, 5) is 48.3. The fraction of sp³-hybridized carbons (Fsp3) is 0.179. The van der Waals surface area contributed by atoms with E-state index < -0.39 is 28.4 Å². The van der Waals surface area contributed by atoms with Crippen LogP contribution in [-0.4, -0.2) is 45.8 Å². The van der Waals surface area contributed by atoms with E-state index in [1.807, 2.05) is 57.1 Å². The van der Waals surface area contributed by atoms with Gasteiger partial charge in [0.1, 0.15) is 5.76 Å². The number of carbonyl (C=O) groups is 2. The van der Waals surface area contributed by atoms with Crippen LogP contribution in [0.5, 0.6) is 0 Å². The van der Waals surface area contributed by atoms with Gasteiger partial charge in [0.2, 0.25) is 5.95 Å². The highest BCUT2D eigenvalue weighted by atomic mass is 16.6. The Morgan fingerprint density at radius 1 is 1.03 bits per heavy atom. The quantitative estimate of drug-likeness (QED) is 0.130. The lowest BCUT2D eigenvalue weighted by atomic mass is 9.95. The number of nitrogens with one attached hydrogen (secondary N) is 1. The summed E-state index contributed by atoms with van der Waals surface area (Å²) in [5, 5.41) is 22.3. The Kier molecular flexibility index (Phi) is 5.94. The fourth-order valence-corrected chi connectivity index (χ4v) is 4.59. The lowest BCUT2D eigenvalue weighted by molar-refractivity contribution is -0.384. The van der Waals surface area contributed by atoms with Crippen molar-refractivity contribution in [2.75, 3.05) is 23.9 Å². The number of non-ortho nitro benzene ring substituents is 1. The molecule has 1 fully saturated rings. The first-order valence-electron chi connectivity index (χ1n) is 11.9. The van der Waals surface area contributed by atoms with Crippen LogP contribution in [0.4, 0.5) is 17.3 Å². The van der Waals surface area contributed by atoms with E-state index >= 15 is 0 Å². The molecule has 192 valence electrons. The van der Waals surface area contributed by atoms with Crippen LogP contribution in [0.1, 0.15) is 28.3 Å². The van der Waals surface area contributed by atoms with Crippen LogP contribution in [0.15, 0.2) is 66.2 Å². The number of aryl methyl sites for hydroxylation is 2. The number of aromatic amines is 1. The number of amides is 1. The zero-order valence-electron chi connectivity index (χ0n) is 21.2. The molecule has 3 aromatic carbocycles. The van der Waals surface area contributed by atoms with Gasteiger partial charge < -0.3 is 15.0 Å². The van der Waals surface area contributed by atoms with Crippen molar-refractivity contribution in [3.63, 3.8) is 0 Å². The van der Waals surface area contributed by atoms with E-state index in [2.05, 4.69) is 9.97 Å². The molecular formula is C28H25N5O5. The number of Topliss-reactive ketones (excluding diaryl/α,β-unsaturated/α-hetero) is 1. The number of imidazole rings is 1. The largest absolute Gasteiger partial charge is 0.507 e. The van der Waals surface area contributed by atoms with Crippen molar-refractivity contribution < 1.29 is 19.6 Å². The zero-order valence-corrected chi connectivity index (χ0v) is 21.2. The molecule has 1 aliphatic rings. The Balaban J connectivity index is 1.70. The average Bonchev–Trinajstić information content (AvgIpc) is 3.41. The third-order valence-corrected chi connectivity index (χ3v) is 6.83. The summed E-state index contributed by atoms with van der Waals surface area (Å²) in [7, 11) is 3.79. The van der Waals surface area contributed by atoms with Gasteiger partial charge in [-0.15, -0.1) is 0 Å². The number of fused-ring (bicyclic) bond motifs is 1. The van der Waals surface area contributed by atoms with E-state index in [1.54, 1.807) is 12.1 Å². The lowest BCUT2D eigenvalue weighted by Crippen LogP contribution is -2.30. The van der Waals surface area contributed by atoms with Gasteiger partial charge in [0, 0.05) is 37.5 Å². The zero-order chi connectivity index (χ0) is 27.3. The summed E-state index contributed by atoms with van der Waals surface area (Å²) >= 11 is 0. The number of aromatic nitrogens is 2. The summed E-state index contributed by atoms with van der Waals surface area (Å²) in [6.45, 7) is 3.93. The van der Waals surface area contributed by atoms with Gasteiger partial charge in [-0.05, 0) is 66.9 Å². The molecule has 5 rings (SSSR count). The third kappa shape index (κ3) is 4.05. The van der Waals surface area contributed by atoms with Gasteiger partial charge in [-0.3, -0.25) is 24.6 Å². The highest BCUT2D eigenvalue weighted by molar-refractivity contribution is 6.51. The normalized spacial score (nSPS) is 16.8. The van der Waals surface area contributed by atoms with Crippen LogP contribution in [0.3, 0.4) is 0 Å². The number of hydrogen-bond acceptors (Lipinski definition) is 7. The molecule has 10 heteroatoms. The molecule has 2 heterocycles. The van der Waals surface area contributed by atoms with Crippen LogP contribution in [0.25, 0.3) is 16.8 Å². The number of benzene rings is 3. The van der Waals surface area contributed by atoms with Crippen LogP contribution >= 0.6 is 0 Å². The topological polar surface area (TPSA) is 133 Å². The monoisotopic (exact) mass is 511 g/mol. The van der Waals surface area contributed by atoms with Gasteiger partial charge in [0.25, 0.3) is 11.5 Å². The summed E-state index contributed by atoms with van der Waals surface area (Å²) in [5.74, 6) is -1.97. The van der Waals surface area contributed by atoms with Gasteiger partial charge >= 0.3 is 5.91 Å². The fourth-order valence-electron chi connectivity index (χ4n) is 4.59. The number of H-pyrrole nitrogens is 1. The van der Waals surface area contributed by atoms with Gasteiger partial charge in [0.15, 0.2) is 0 Å². The average molecular weight is 512 g/mol. The minimum Gasteiger partial charge on any atom is -0.507 e. The summed E-state index contributed by atoms with van der Waals surface area (Å²) in [5.41, 5.74) is 4.82. The first-order chi connectivity index (χ1) is 18.1. The maximum atomic E-state index is 13.4. The van der Waals surface area contributed by atoms with E-state index in [4.69, 9.17) is 0 Å². The van der Waals surface area contributed by atoms with Crippen molar-refractivity contribution in [3.8, 4) is 0 Å². The number of nitro benzene ring substituents is 1. The minimum atomic E-state index is -0.982. The molecule has 1 aromatic heterocycles. The molecule has 38 heavy (non-hydrogen) atoms. The van der Waals surface area contributed by atoms with Crippen LogP contribution in [-0.2, 0) is 9.59 Å². The van der Waals surface area contributed by atoms with E-state index in [1.165, 1.54) is 29.2 Å². The Morgan fingerprint density at radius 3 is 2.26 bits per heavy atom. The molecule has 4 aromatic rings. The molecule has 0 aliphatic carbocycles. The molecule has 2 N–H and O–H groups in total. The maximum Gasteiger partial charge on any atom is 0.302 e. The SMILES string of the molecule is Cc1cc2nc(N3C(=O)C(=O)/C(=C(/O)c4ccc([N+](=O)[O-])cc4)C3c3ccc(N(C)C)cc3)[nH]c2cc1C. The summed E-state index contributed by atoms with van der Waals surface area (Å²) in [6, 6.07) is 15.3. The van der Waals surface area contributed by atoms with Gasteiger partial charge in [-0.2, -0.15) is 0 Å². The molecule has 1 atom stereocenters. The summed E-state index contributed by atoms with van der Waals surface area (Å²) in [6.07, 6.45) is 0. The molecule has 1 saturated heterocycles. The second kappa shape index (κ2) is 9.15. The first kappa shape index (κ1) is 24.7. The minimum absolute atomic E-state index is 0.130. The summed E-state index contributed by atoms with van der Waals surface area (Å²) < 4.78 is 0. The van der Waals surface area contributed by atoms with Crippen LogP contribution in [0.2, 0.25) is 0 Å². The molecular weight excluding hydrogens is 486 g/mol. The van der Waals surface area contributed by atoms with Crippen LogP contribution < -0.4 is 9.80 Å². The molecule has 0 radical (unpaired) electrons. The van der Waals surface area contributed by atoms with E-state index in [0.29, 0.717) is 16.6 Å². The van der Waals surface area contributed by atoms with Crippen molar-refractivity contribution >= 4 is 45.8 Å². The number of aliphatic hydroxyl groups is 1. The maximum absolute atomic E-state index is 13.4. The van der Waals surface area contributed by atoms with Crippen LogP contribution in [0, 0.1) is 24.0 Å². The van der Waals surface area contributed by atoms with Crippen molar-refractivity contribution in [1.29, 1.82) is 0 Å². The van der Waals surface area contributed by atoms with Crippen molar-refractivity contribution in [2.45, 2.75) is 19.9 Å². The van der Waals surface area contributed by atoms with E-state index in [9.17, 15) is 24.8 Å². The number of anilines is 2. The highest BCUT2D eigenvalue weighted by Gasteiger charge is 2.48. The van der Waals surface area contributed by atoms with Gasteiger partial charge in [-0.25, -0.2) is 4.98 Å². The number of ketones is 1. The third-order valence-electron chi connectivity index (χ3n) is 6.83. The predicted octanol–water partition coefficient (Wildman–Crippen LogP) is 4.78. The lowest BCUT2D eigenvalue weighted by Gasteiger charge is -2.23. The Morgan fingerprint density at radius 2 is 1.66 bits per heavy atom. The molecule has 10 nitrogen and oxygen atoms in total. The number of nitrogens with zero attached hydrogens (tertiary/aromatic N) is 4. The number of hydrogen-bond donors (Lipinski definition) is 2. The molecule has 1 unspecified atom stereocenters. The molecule has 0 bridgehead atoms. The Hall–Kier alpha value is -4.99. The molecule has 0 spiro atoms. The Labute approximate surface area is 218 Å². The van der Waals surface area contributed by atoms with E-state index in [0.717, 1.165) is 16.8 Å². The van der Waals surface area contributed by atoms with E-state index in [-0.39, 0.29) is 22.8 Å². The number of carbonyl (C=O) groups excluding carboxylic acids is 2. The van der Waals surface area contributed by atoms with Crippen molar-refractivity contribution in [2.24, 2.45) is 0 Å². The van der Waals surface area contributed by atoms with Gasteiger partial charge in [-0.1, -0.05) is 12.1 Å². The second-order valence-electron chi connectivity index (χ2n) is 9.47. The predicted molar refractivity (Wildman–Crippen MR) is 144 cm³/mol. The van der Waals surface area contributed by atoms with Crippen molar-refractivity contribution in [1.82, 2.24) is 9.97 Å². The first-order valence-corrected chi connectivity index (χ1v) is 11.9. The smallest absolute Gasteiger partial charge is 0.302 e. The van der Waals surface area contributed by atoms with Crippen molar-refractivity contribution in [3.05, 3.63) is 98.6 Å². The second-order valence-corrected chi connectivity index (χ2v) is 9.47. The molecule has 1 aliphatic heterocycles.